The number of aliphatic hydroxyl groups is 1. The molecule has 0 saturated carbocycles. The second kappa shape index (κ2) is 11.3. The SMILES string of the molecule is CC(CN1CCC(Cc2ccccc2)CC1)C(O)c1ccc(OCc2ccccc2)cc1. The van der Waals surface area contributed by atoms with Gasteiger partial charge in [0.1, 0.15) is 12.4 Å². The minimum absolute atomic E-state index is 0.191. The molecule has 4 rings (SSSR count). The summed E-state index contributed by atoms with van der Waals surface area (Å²) in [4.78, 5) is 2.52. The first-order valence-electron chi connectivity index (χ1n) is 11.9. The molecule has 1 aliphatic rings. The minimum Gasteiger partial charge on any atom is -0.489 e. The van der Waals surface area contributed by atoms with Gasteiger partial charge in [0.15, 0.2) is 0 Å². The fourth-order valence-electron chi connectivity index (χ4n) is 4.66. The zero-order valence-electron chi connectivity index (χ0n) is 19.1. The third kappa shape index (κ3) is 6.44. The Bertz CT molecular complexity index is 918. The number of likely N-dealkylation sites (tertiary alicyclic amines) is 1. The van der Waals surface area contributed by atoms with Gasteiger partial charge in [-0.3, -0.25) is 0 Å². The topological polar surface area (TPSA) is 32.7 Å². The summed E-state index contributed by atoms with van der Waals surface area (Å²) < 4.78 is 5.87. The summed E-state index contributed by atoms with van der Waals surface area (Å²) in [5.74, 6) is 1.80. The lowest BCUT2D eigenvalue weighted by molar-refractivity contribution is 0.0751. The Morgan fingerprint density at radius 2 is 1.44 bits per heavy atom. The minimum atomic E-state index is -0.458. The second-order valence-corrected chi connectivity index (χ2v) is 9.20. The Labute approximate surface area is 192 Å². The molecule has 0 aliphatic carbocycles. The van der Waals surface area contributed by atoms with Crippen molar-refractivity contribution >= 4 is 0 Å². The van der Waals surface area contributed by atoms with E-state index in [1.54, 1.807) is 0 Å². The average Bonchev–Trinajstić information content (AvgIpc) is 2.85. The van der Waals surface area contributed by atoms with E-state index in [0.717, 1.165) is 42.4 Å². The number of hydrogen-bond donors (Lipinski definition) is 1. The first-order chi connectivity index (χ1) is 15.7. The number of piperidine rings is 1. The summed E-state index contributed by atoms with van der Waals surface area (Å²) in [7, 11) is 0. The zero-order valence-corrected chi connectivity index (χ0v) is 19.1. The van der Waals surface area contributed by atoms with Crippen LogP contribution in [0.4, 0.5) is 0 Å². The summed E-state index contributed by atoms with van der Waals surface area (Å²) in [6.07, 6.45) is 3.21. The monoisotopic (exact) mass is 429 g/mol. The molecule has 1 aliphatic heterocycles. The Kier molecular flexibility index (Phi) is 7.97. The maximum Gasteiger partial charge on any atom is 0.119 e. The molecule has 3 aromatic carbocycles. The fraction of sp³-hybridized carbons (Fsp3) is 0.379. The zero-order chi connectivity index (χ0) is 22.2. The van der Waals surface area contributed by atoms with Crippen LogP contribution in [0.5, 0.6) is 5.75 Å². The third-order valence-electron chi connectivity index (χ3n) is 6.63. The Hall–Kier alpha value is -2.62. The van der Waals surface area contributed by atoms with Gasteiger partial charge < -0.3 is 14.7 Å². The molecule has 3 nitrogen and oxygen atoms in total. The van der Waals surface area contributed by atoms with Crippen LogP contribution in [0.1, 0.15) is 42.6 Å². The third-order valence-corrected chi connectivity index (χ3v) is 6.63. The van der Waals surface area contributed by atoms with Gasteiger partial charge in [-0.15, -0.1) is 0 Å². The Morgan fingerprint density at radius 1 is 0.844 bits per heavy atom. The lowest BCUT2D eigenvalue weighted by Crippen LogP contribution is -2.38. The normalized spacial score (nSPS) is 17.1. The summed E-state index contributed by atoms with van der Waals surface area (Å²) in [6, 6.07) is 28.9. The van der Waals surface area contributed by atoms with Crippen molar-refractivity contribution in [3.05, 3.63) is 102 Å². The first kappa shape index (κ1) is 22.6. The van der Waals surface area contributed by atoms with Crippen LogP contribution >= 0.6 is 0 Å². The average molecular weight is 430 g/mol. The van der Waals surface area contributed by atoms with Crippen LogP contribution in [0.15, 0.2) is 84.9 Å². The summed E-state index contributed by atoms with van der Waals surface area (Å²) in [5.41, 5.74) is 3.56. The highest BCUT2D eigenvalue weighted by molar-refractivity contribution is 5.29. The summed E-state index contributed by atoms with van der Waals surface area (Å²) >= 11 is 0. The number of benzene rings is 3. The first-order valence-corrected chi connectivity index (χ1v) is 11.9. The molecule has 1 saturated heterocycles. The quantitative estimate of drug-likeness (QED) is 0.460. The number of hydrogen-bond acceptors (Lipinski definition) is 3. The smallest absolute Gasteiger partial charge is 0.119 e. The number of nitrogens with zero attached hydrogens (tertiary/aromatic N) is 1. The molecule has 3 aromatic rings. The molecule has 1 N–H and O–H groups in total. The molecule has 0 radical (unpaired) electrons. The molecule has 0 amide bonds. The van der Waals surface area contributed by atoms with Gasteiger partial charge in [-0.25, -0.2) is 0 Å². The molecule has 0 aromatic heterocycles. The fourth-order valence-corrected chi connectivity index (χ4v) is 4.66. The predicted molar refractivity (Wildman–Crippen MR) is 131 cm³/mol. The van der Waals surface area contributed by atoms with Crippen LogP contribution in [0, 0.1) is 11.8 Å². The van der Waals surface area contributed by atoms with Gasteiger partial charge in [-0.05, 0) is 73.0 Å². The molecule has 0 bridgehead atoms. The predicted octanol–water partition coefficient (Wildman–Crippen LogP) is 5.89. The maximum atomic E-state index is 10.9. The van der Waals surface area contributed by atoms with E-state index in [0.29, 0.717) is 6.61 Å². The molecule has 168 valence electrons. The van der Waals surface area contributed by atoms with Crippen LogP contribution in [0.2, 0.25) is 0 Å². The molecule has 1 fully saturated rings. The van der Waals surface area contributed by atoms with Crippen molar-refractivity contribution in [2.24, 2.45) is 11.8 Å². The van der Waals surface area contributed by atoms with Gasteiger partial charge in [0.25, 0.3) is 0 Å². The number of aliphatic hydroxyl groups excluding tert-OH is 1. The summed E-state index contributed by atoms with van der Waals surface area (Å²) in [5, 5.41) is 10.9. The molecule has 2 unspecified atom stereocenters. The summed E-state index contributed by atoms with van der Waals surface area (Å²) in [6.45, 7) is 5.90. The number of ether oxygens (including phenoxy) is 1. The highest BCUT2D eigenvalue weighted by Crippen LogP contribution is 2.27. The molecule has 1 heterocycles. The van der Waals surface area contributed by atoms with Crippen LogP contribution in [0.3, 0.4) is 0 Å². The second-order valence-electron chi connectivity index (χ2n) is 9.20. The van der Waals surface area contributed by atoms with Crippen LogP contribution in [-0.4, -0.2) is 29.6 Å². The van der Waals surface area contributed by atoms with Crippen molar-refractivity contribution in [1.29, 1.82) is 0 Å². The van der Waals surface area contributed by atoms with Gasteiger partial charge in [-0.1, -0.05) is 79.7 Å². The van der Waals surface area contributed by atoms with E-state index in [4.69, 9.17) is 4.74 Å². The van der Waals surface area contributed by atoms with Crippen molar-refractivity contribution in [1.82, 2.24) is 4.90 Å². The van der Waals surface area contributed by atoms with E-state index < -0.39 is 6.10 Å². The van der Waals surface area contributed by atoms with Crippen LogP contribution in [0.25, 0.3) is 0 Å². The van der Waals surface area contributed by atoms with E-state index in [1.165, 1.54) is 24.8 Å². The molecule has 3 heteroatoms. The van der Waals surface area contributed by atoms with E-state index in [9.17, 15) is 5.11 Å². The highest BCUT2D eigenvalue weighted by Gasteiger charge is 2.24. The Balaban J connectivity index is 1.22. The van der Waals surface area contributed by atoms with Crippen molar-refractivity contribution < 1.29 is 9.84 Å². The van der Waals surface area contributed by atoms with Gasteiger partial charge in [0.05, 0.1) is 6.10 Å². The molecule has 32 heavy (non-hydrogen) atoms. The standard InChI is InChI=1S/C29H35NO2/c1-23(21-30-18-16-25(17-19-30)20-24-8-4-2-5-9-24)29(31)27-12-14-28(15-13-27)32-22-26-10-6-3-7-11-26/h2-15,23,25,29,31H,16-22H2,1H3. The largest absolute Gasteiger partial charge is 0.489 e. The maximum absolute atomic E-state index is 10.9. The van der Waals surface area contributed by atoms with Crippen LogP contribution < -0.4 is 4.74 Å². The lowest BCUT2D eigenvalue weighted by Gasteiger charge is -2.34. The van der Waals surface area contributed by atoms with Crippen molar-refractivity contribution in [3.63, 3.8) is 0 Å². The van der Waals surface area contributed by atoms with E-state index in [1.807, 2.05) is 42.5 Å². The van der Waals surface area contributed by atoms with Crippen LogP contribution in [-0.2, 0) is 13.0 Å². The highest BCUT2D eigenvalue weighted by atomic mass is 16.5. The lowest BCUT2D eigenvalue weighted by atomic mass is 9.89. The van der Waals surface area contributed by atoms with Crippen molar-refractivity contribution in [2.75, 3.05) is 19.6 Å². The van der Waals surface area contributed by atoms with Crippen molar-refractivity contribution in [3.8, 4) is 5.75 Å². The van der Waals surface area contributed by atoms with Gasteiger partial charge in [0.2, 0.25) is 0 Å². The van der Waals surface area contributed by atoms with E-state index in [2.05, 4.69) is 54.3 Å². The van der Waals surface area contributed by atoms with E-state index >= 15 is 0 Å². The van der Waals surface area contributed by atoms with Gasteiger partial charge in [-0.2, -0.15) is 0 Å². The van der Waals surface area contributed by atoms with E-state index in [-0.39, 0.29) is 5.92 Å². The molecular weight excluding hydrogens is 394 g/mol. The Morgan fingerprint density at radius 3 is 2.06 bits per heavy atom. The molecule has 2 atom stereocenters. The van der Waals surface area contributed by atoms with Gasteiger partial charge >= 0.3 is 0 Å². The molecule has 0 spiro atoms. The van der Waals surface area contributed by atoms with Gasteiger partial charge in [0, 0.05) is 6.54 Å². The number of rotatable bonds is 9. The molecular formula is C29H35NO2. The van der Waals surface area contributed by atoms with Crippen molar-refractivity contribution in [2.45, 2.75) is 38.9 Å².